The molecule has 12 heavy (non-hydrogen) atoms. The van der Waals surface area contributed by atoms with E-state index in [-0.39, 0.29) is 11.7 Å². The third kappa shape index (κ3) is 1.34. The summed E-state index contributed by atoms with van der Waals surface area (Å²) in [4.78, 5) is 24.8. The van der Waals surface area contributed by atoms with Gasteiger partial charge in [0, 0.05) is 6.92 Å². The molecule has 0 unspecified atom stereocenters. The van der Waals surface area contributed by atoms with Crippen LogP contribution in [0.4, 0.5) is 0 Å². The molecule has 0 saturated heterocycles. The van der Waals surface area contributed by atoms with Crippen LogP contribution in [0.3, 0.4) is 0 Å². The Hall–Kier alpha value is -1.65. The van der Waals surface area contributed by atoms with E-state index in [4.69, 9.17) is 9.52 Å². The van der Waals surface area contributed by atoms with E-state index in [2.05, 4.69) is 4.98 Å². The molecule has 0 atom stereocenters. The van der Waals surface area contributed by atoms with E-state index in [1.807, 2.05) is 0 Å². The van der Waals surface area contributed by atoms with Gasteiger partial charge in [0.1, 0.15) is 0 Å². The fourth-order valence-corrected chi connectivity index (χ4v) is 0.839. The minimum atomic E-state index is -1.53. The van der Waals surface area contributed by atoms with Crippen molar-refractivity contribution in [3.63, 3.8) is 0 Å². The highest BCUT2D eigenvalue weighted by Crippen LogP contribution is 2.09. The molecule has 0 fully saturated rings. The maximum absolute atomic E-state index is 10.8. The minimum Gasteiger partial charge on any atom is -0.475 e. The highest BCUT2D eigenvalue weighted by Gasteiger charge is 2.22. The van der Waals surface area contributed by atoms with E-state index in [0.717, 1.165) is 0 Å². The molecule has 0 aromatic carbocycles. The molecule has 5 heteroatoms. The number of hydrogen-bond donors (Lipinski definition) is 1. The Labute approximate surface area is 68.0 Å². The first kappa shape index (κ1) is 8.45. The second-order valence-corrected chi connectivity index (χ2v) is 2.28. The Morgan fingerprint density at radius 1 is 1.42 bits per heavy atom. The van der Waals surface area contributed by atoms with Crippen molar-refractivity contribution >= 4 is 11.8 Å². The molecule has 64 valence electrons. The van der Waals surface area contributed by atoms with Gasteiger partial charge in [0.2, 0.25) is 5.76 Å². The average Bonchev–Trinajstić information content (AvgIpc) is 2.28. The summed E-state index contributed by atoms with van der Waals surface area (Å²) < 4.78 is 4.80. The lowest BCUT2D eigenvalue weighted by atomic mass is 10.2. The maximum atomic E-state index is 10.8. The first-order valence-electron chi connectivity index (χ1n) is 3.24. The Bertz CT molecular complexity index is 339. The number of carboxylic acid groups (broad SMARTS) is 1. The van der Waals surface area contributed by atoms with Crippen LogP contribution in [0.1, 0.15) is 22.1 Å². The Balaban J connectivity index is 3.11. The topological polar surface area (TPSA) is 80.4 Å². The van der Waals surface area contributed by atoms with Gasteiger partial charge in [-0.05, 0) is 6.92 Å². The second-order valence-electron chi connectivity index (χ2n) is 2.28. The van der Waals surface area contributed by atoms with Gasteiger partial charge in [-0.2, -0.15) is 0 Å². The number of ketones is 1. The van der Waals surface area contributed by atoms with Crippen LogP contribution in [-0.4, -0.2) is 21.8 Å². The lowest BCUT2D eigenvalue weighted by Gasteiger charge is -1.88. The van der Waals surface area contributed by atoms with Crippen LogP contribution >= 0.6 is 0 Å². The molecule has 1 rings (SSSR count). The molecule has 5 nitrogen and oxygen atoms in total. The summed E-state index contributed by atoms with van der Waals surface area (Å²) >= 11 is 0. The molecular weight excluding hydrogens is 162 g/mol. The number of oxazole rings is 1. The van der Waals surface area contributed by atoms with E-state index < -0.39 is 11.8 Å². The zero-order valence-electron chi connectivity index (χ0n) is 6.62. The predicted octanol–water partition coefficient (Wildman–Crippen LogP) is 0.559. The van der Waals surface area contributed by atoms with E-state index in [0.29, 0.717) is 5.69 Å². The molecule has 1 heterocycles. The number of carbonyl (C=O) groups excluding carboxylic acids is 1. The minimum absolute atomic E-state index is 0.194. The van der Waals surface area contributed by atoms with Crippen LogP contribution < -0.4 is 0 Å². The van der Waals surface area contributed by atoms with Crippen LogP contribution in [0, 0.1) is 13.8 Å². The standard InChI is InChI=1S/C7H7NO4/c1-3-6(5(9)7(10)11)12-4(2)8-3/h1-2H3,(H,10,11). The summed E-state index contributed by atoms with van der Waals surface area (Å²) in [5, 5.41) is 8.33. The van der Waals surface area contributed by atoms with Gasteiger partial charge in [-0.15, -0.1) is 0 Å². The molecule has 0 spiro atoms. The number of hydrogen-bond acceptors (Lipinski definition) is 4. The number of aryl methyl sites for hydroxylation is 2. The monoisotopic (exact) mass is 169 g/mol. The van der Waals surface area contributed by atoms with Gasteiger partial charge in [-0.1, -0.05) is 0 Å². The van der Waals surface area contributed by atoms with Gasteiger partial charge >= 0.3 is 11.8 Å². The molecule has 0 bridgehead atoms. The summed E-state index contributed by atoms with van der Waals surface area (Å²) in [5.74, 6) is -2.50. The number of rotatable bonds is 2. The van der Waals surface area contributed by atoms with E-state index in [1.54, 1.807) is 6.92 Å². The highest BCUT2D eigenvalue weighted by atomic mass is 16.4. The number of aliphatic carboxylic acids is 1. The van der Waals surface area contributed by atoms with Crippen LogP contribution in [0.2, 0.25) is 0 Å². The number of Topliss-reactive ketones (excluding diaryl/α,β-unsaturated/α-hetero) is 1. The summed E-state index contributed by atoms with van der Waals surface area (Å²) in [6, 6.07) is 0. The zero-order valence-corrected chi connectivity index (χ0v) is 6.62. The van der Waals surface area contributed by atoms with Crippen molar-refractivity contribution in [3.05, 3.63) is 17.3 Å². The Kier molecular flexibility index (Phi) is 1.95. The summed E-state index contributed by atoms with van der Waals surface area (Å²) in [7, 11) is 0. The molecule has 0 aliphatic rings. The summed E-state index contributed by atoms with van der Waals surface area (Å²) in [6.07, 6.45) is 0. The number of carbonyl (C=O) groups is 2. The molecular formula is C7H7NO4. The normalized spacial score (nSPS) is 9.83. The van der Waals surface area contributed by atoms with E-state index in [9.17, 15) is 9.59 Å². The average molecular weight is 169 g/mol. The summed E-state index contributed by atoms with van der Waals surface area (Å²) in [6.45, 7) is 3.07. The largest absolute Gasteiger partial charge is 0.475 e. The molecule has 0 aliphatic heterocycles. The van der Waals surface area contributed by atoms with Crippen molar-refractivity contribution in [1.29, 1.82) is 0 Å². The fourth-order valence-electron chi connectivity index (χ4n) is 0.839. The highest BCUT2D eigenvalue weighted by molar-refractivity contribution is 6.39. The van der Waals surface area contributed by atoms with Gasteiger partial charge in [-0.25, -0.2) is 9.78 Å². The molecule has 1 aromatic rings. The van der Waals surface area contributed by atoms with E-state index >= 15 is 0 Å². The van der Waals surface area contributed by atoms with Crippen molar-refractivity contribution in [2.45, 2.75) is 13.8 Å². The third-order valence-electron chi connectivity index (χ3n) is 1.30. The summed E-state index contributed by atoms with van der Waals surface area (Å²) in [5.41, 5.74) is 0.305. The Morgan fingerprint density at radius 2 is 2.00 bits per heavy atom. The Morgan fingerprint density at radius 3 is 2.33 bits per heavy atom. The predicted molar refractivity (Wildman–Crippen MR) is 37.9 cm³/mol. The van der Waals surface area contributed by atoms with Gasteiger partial charge in [0.05, 0.1) is 5.69 Å². The number of carboxylic acids is 1. The molecule has 0 aliphatic carbocycles. The van der Waals surface area contributed by atoms with Crippen LogP contribution in [0.25, 0.3) is 0 Å². The molecule has 0 amide bonds. The van der Waals surface area contributed by atoms with Crippen LogP contribution in [0.5, 0.6) is 0 Å². The third-order valence-corrected chi connectivity index (χ3v) is 1.30. The van der Waals surface area contributed by atoms with Crippen LogP contribution in [-0.2, 0) is 4.79 Å². The first-order valence-corrected chi connectivity index (χ1v) is 3.24. The van der Waals surface area contributed by atoms with Gasteiger partial charge in [-0.3, -0.25) is 4.79 Å². The van der Waals surface area contributed by atoms with Crippen LogP contribution in [0.15, 0.2) is 4.42 Å². The quantitative estimate of drug-likeness (QED) is 0.516. The van der Waals surface area contributed by atoms with Crippen molar-refractivity contribution in [2.75, 3.05) is 0 Å². The molecule has 0 radical (unpaired) electrons. The van der Waals surface area contributed by atoms with Crippen molar-refractivity contribution in [3.8, 4) is 0 Å². The second kappa shape index (κ2) is 2.77. The molecule has 1 aromatic heterocycles. The lowest BCUT2D eigenvalue weighted by molar-refractivity contribution is -0.131. The smallest absolute Gasteiger partial charge is 0.380 e. The maximum Gasteiger partial charge on any atom is 0.380 e. The van der Waals surface area contributed by atoms with Crippen molar-refractivity contribution < 1.29 is 19.1 Å². The SMILES string of the molecule is Cc1nc(C)c(C(=O)C(=O)O)o1. The number of aromatic nitrogens is 1. The lowest BCUT2D eigenvalue weighted by Crippen LogP contribution is -2.12. The van der Waals surface area contributed by atoms with Crippen molar-refractivity contribution in [2.24, 2.45) is 0 Å². The number of nitrogens with zero attached hydrogens (tertiary/aromatic N) is 1. The van der Waals surface area contributed by atoms with Crippen molar-refractivity contribution in [1.82, 2.24) is 4.98 Å². The zero-order chi connectivity index (χ0) is 9.30. The van der Waals surface area contributed by atoms with Gasteiger partial charge in [0.15, 0.2) is 5.89 Å². The molecule has 0 saturated carbocycles. The van der Waals surface area contributed by atoms with E-state index in [1.165, 1.54) is 6.92 Å². The first-order chi connectivity index (χ1) is 5.52. The fraction of sp³-hybridized carbons (Fsp3) is 0.286. The molecule has 1 N–H and O–H groups in total. The van der Waals surface area contributed by atoms with Gasteiger partial charge < -0.3 is 9.52 Å². The van der Waals surface area contributed by atoms with Gasteiger partial charge in [0.25, 0.3) is 0 Å².